The van der Waals surface area contributed by atoms with Gasteiger partial charge in [0, 0.05) is 18.6 Å². The Morgan fingerprint density at radius 1 is 1.67 bits per heavy atom. The first-order valence-corrected chi connectivity index (χ1v) is 8.92. The van der Waals surface area contributed by atoms with E-state index >= 15 is 0 Å². The minimum atomic E-state index is -3.50. The Hall–Kier alpha value is 0.340. The molecule has 0 aromatic carbocycles. The average molecular weight is 375 g/mol. The van der Waals surface area contributed by atoms with Crippen LogP contribution in [-0.2, 0) is 14.8 Å². The summed E-state index contributed by atoms with van der Waals surface area (Å²) in [6.45, 7) is 3.17. The van der Waals surface area contributed by atoms with Gasteiger partial charge in [0.15, 0.2) is 0 Å². The number of ether oxygens (including phenoxy) is 1. The highest BCUT2D eigenvalue weighted by atomic mass is 79.9. The van der Waals surface area contributed by atoms with Gasteiger partial charge in [-0.2, -0.15) is 0 Å². The molecule has 0 bridgehead atoms. The number of nitrogens with one attached hydrogen (secondary N) is 1. The molecule has 18 heavy (non-hydrogen) atoms. The molecule has 0 saturated carbocycles. The summed E-state index contributed by atoms with van der Waals surface area (Å²) in [7, 11) is -3.50. The van der Waals surface area contributed by atoms with Gasteiger partial charge in [0.25, 0.3) is 0 Å². The third kappa shape index (κ3) is 3.26. The van der Waals surface area contributed by atoms with Crippen LogP contribution < -0.4 is 4.72 Å². The van der Waals surface area contributed by atoms with Crippen molar-refractivity contribution in [3.63, 3.8) is 0 Å². The molecule has 0 aliphatic carbocycles. The van der Waals surface area contributed by atoms with E-state index < -0.39 is 10.0 Å². The summed E-state index contributed by atoms with van der Waals surface area (Å²) in [5.41, 5.74) is 0. The maximum absolute atomic E-state index is 12.1. The number of thiophene rings is 1. The van der Waals surface area contributed by atoms with E-state index in [4.69, 9.17) is 16.3 Å². The molecule has 1 saturated heterocycles. The quantitative estimate of drug-likeness (QED) is 0.881. The number of rotatable bonds is 4. The van der Waals surface area contributed by atoms with Gasteiger partial charge >= 0.3 is 0 Å². The van der Waals surface area contributed by atoms with Crippen molar-refractivity contribution in [3.8, 4) is 0 Å². The molecular weight excluding hydrogens is 362 g/mol. The van der Waals surface area contributed by atoms with E-state index in [2.05, 4.69) is 20.7 Å². The lowest BCUT2D eigenvalue weighted by Crippen LogP contribution is -2.38. The molecule has 0 radical (unpaired) electrons. The van der Waals surface area contributed by atoms with Crippen molar-refractivity contribution in [3.05, 3.63) is 14.9 Å². The average Bonchev–Trinajstić information content (AvgIpc) is 2.89. The third-order valence-corrected chi connectivity index (χ3v) is 7.41. The lowest BCUT2D eigenvalue weighted by atomic mass is 10.0. The van der Waals surface area contributed by atoms with Crippen molar-refractivity contribution in [2.24, 2.45) is 5.92 Å². The fourth-order valence-corrected chi connectivity index (χ4v) is 5.53. The largest absolute Gasteiger partial charge is 0.381 e. The van der Waals surface area contributed by atoms with Gasteiger partial charge in [-0.3, -0.25) is 0 Å². The molecule has 2 atom stereocenters. The van der Waals surface area contributed by atoms with Crippen LogP contribution in [0.1, 0.15) is 13.3 Å². The van der Waals surface area contributed by atoms with Gasteiger partial charge in [0.05, 0.1) is 15.4 Å². The van der Waals surface area contributed by atoms with Gasteiger partial charge in [-0.05, 0) is 35.3 Å². The summed E-state index contributed by atoms with van der Waals surface area (Å²) in [4.78, 5) is 0. The van der Waals surface area contributed by atoms with Crippen LogP contribution >= 0.6 is 38.9 Å². The van der Waals surface area contributed by atoms with Crippen LogP contribution in [0.3, 0.4) is 0 Å². The molecule has 102 valence electrons. The minimum Gasteiger partial charge on any atom is -0.381 e. The smallest absolute Gasteiger partial charge is 0.250 e. The lowest BCUT2D eigenvalue weighted by molar-refractivity contribution is 0.180. The number of sulfonamides is 1. The van der Waals surface area contributed by atoms with Crippen LogP contribution in [0, 0.1) is 5.92 Å². The van der Waals surface area contributed by atoms with Gasteiger partial charge in [0.1, 0.15) is 4.21 Å². The van der Waals surface area contributed by atoms with Crippen LogP contribution in [0.4, 0.5) is 0 Å². The Morgan fingerprint density at radius 3 is 2.89 bits per heavy atom. The second-order valence-electron chi connectivity index (χ2n) is 4.22. The van der Waals surface area contributed by atoms with Crippen LogP contribution in [0.25, 0.3) is 0 Å². The topological polar surface area (TPSA) is 55.4 Å². The highest BCUT2D eigenvalue weighted by molar-refractivity contribution is 9.11. The van der Waals surface area contributed by atoms with Crippen LogP contribution in [0.15, 0.2) is 14.1 Å². The Morgan fingerprint density at radius 2 is 2.39 bits per heavy atom. The van der Waals surface area contributed by atoms with Crippen molar-refractivity contribution in [2.45, 2.75) is 23.6 Å². The van der Waals surface area contributed by atoms with Gasteiger partial charge in [-0.25, -0.2) is 13.1 Å². The Bertz CT molecular complexity index is 506. The van der Waals surface area contributed by atoms with E-state index in [9.17, 15) is 8.42 Å². The summed E-state index contributed by atoms with van der Waals surface area (Å²) in [5, 5.41) is 0.414. The summed E-state index contributed by atoms with van der Waals surface area (Å²) in [6, 6.07) is 1.31. The van der Waals surface area contributed by atoms with Gasteiger partial charge in [-0.1, -0.05) is 11.6 Å². The number of hydrogen-bond donors (Lipinski definition) is 1. The molecular formula is C10H13BrClNO3S2. The van der Waals surface area contributed by atoms with E-state index in [0.29, 0.717) is 22.0 Å². The number of hydrogen-bond acceptors (Lipinski definition) is 4. The van der Waals surface area contributed by atoms with Gasteiger partial charge in [-0.15, -0.1) is 11.3 Å². The molecule has 4 nitrogen and oxygen atoms in total. The van der Waals surface area contributed by atoms with Crippen molar-refractivity contribution in [1.82, 2.24) is 4.72 Å². The van der Waals surface area contributed by atoms with E-state index in [1.54, 1.807) is 0 Å². The molecule has 2 unspecified atom stereocenters. The SMILES string of the molecule is CC(NS(=O)(=O)c1cc(Cl)c(Br)s1)C1CCOC1. The zero-order valence-corrected chi connectivity index (χ0v) is 13.6. The second-order valence-corrected chi connectivity index (χ2v) is 8.94. The highest BCUT2D eigenvalue weighted by Gasteiger charge is 2.28. The molecule has 1 fully saturated rings. The molecule has 0 amide bonds. The highest BCUT2D eigenvalue weighted by Crippen LogP contribution is 2.34. The Kier molecular flexibility index (Phi) is 4.72. The molecule has 8 heteroatoms. The second kappa shape index (κ2) is 5.76. The Labute approximate surface area is 124 Å². The molecule has 0 spiro atoms. The van der Waals surface area contributed by atoms with Gasteiger partial charge in [0.2, 0.25) is 10.0 Å². The molecule has 2 rings (SSSR count). The maximum Gasteiger partial charge on any atom is 0.250 e. The molecule has 1 aromatic heterocycles. The summed E-state index contributed by atoms with van der Waals surface area (Å²) >= 11 is 10.2. The van der Waals surface area contributed by atoms with Crippen molar-refractivity contribution >= 4 is 48.9 Å². The zero-order valence-electron chi connectivity index (χ0n) is 9.65. The fraction of sp³-hybridized carbons (Fsp3) is 0.600. The molecule has 1 aliphatic rings. The van der Waals surface area contributed by atoms with Crippen LogP contribution in [0.2, 0.25) is 5.02 Å². The van der Waals surface area contributed by atoms with E-state index in [1.165, 1.54) is 6.07 Å². The third-order valence-electron chi connectivity index (χ3n) is 2.90. The first kappa shape index (κ1) is 14.7. The molecule has 1 aromatic rings. The standard InChI is InChI=1S/C10H13BrClNO3S2/c1-6(7-2-3-16-5-7)13-18(14,15)9-4-8(12)10(11)17-9/h4,6-7,13H,2-3,5H2,1H3. The van der Waals surface area contributed by atoms with E-state index in [0.717, 1.165) is 17.8 Å². The summed E-state index contributed by atoms with van der Waals surface area (Å²) < 4.78 is 33.1. The zero-order chi connectivity index (χ0) is 13.3. The van der Waals surface area contributed by atoms with Crippen LogP contribution in [-0.4, -0.2) is 27.7 Å². The summed E-state index contributed by atoms with van der Waals surface area (Å²) in [6.07, 6.45) is 0.887. The van der Waals surface area contributed by atoms with Gasteiger partial charge < -0.3 is 4.74 Å². The first-order valence-electron chi connectivity index (χ1n) is 5.45. The maximum atomic E-state index is 12.1. The lowest BCUT2D eigenvalue weighted by Gasteiger charge is -2.18. The predicted octanol–water partition coefficient (Wildman–Crippen LogP) is 2.87. The minimum absolute atomic E-state index is 0.142. The van der Waals surface area contributed by atoms with Crippen molar-refractivity contribution in [2.75, 3.05) is 13.2 Å². The first-order chi connectivity index (χ1) is 8.40. The summed E-state index contributed by atoms with van der Waals surface area (Å²) in [5.74, 6) is 0.235. The van der Waals surface area contributed by atoms with Crippen molar-refractivity contribution in [1.29, 1.82) is 0 Å². The van der Waals surface area contributed by atoms with E-state index in [1.807, 2.05) is 6.92 Å². The molecule has 1 N–H and O–H groups in total. The fourth-order valence-electron chi connectivity index (χ4n) is 1.81. The Balaban J connectivity index is 2.11. The van der Waals surface area contributed by atoms with E-state index in [-0.39, 0.29) is 16.2 Å². The van der Waals surface area contributed by atoms with Crippen LogP contribution in [0.5, 0.6) is 0 Å². The van der Waals surface area contributed by atoms with Crippen molar-refractivity contribution < 1.29 is 13.2 Å². The molecule has 1 aliphatic heterocycles. The predicted molar refractivity (Wildman–Crippen MR) is 75.7 cm³/mol. The number of halogens is 2. The normalized spacial score (nSPS) is 22.3. The molecule has 2 heterocycles. The monoisotopic (exact) mass is 373 g/mol.